The van der Waals surface area contributed by atoms with Crippen LogP contribution in [0.25, 0.3) is 11.1 Å². The number of hydrogen-bond donors (Lipinski definition) is 0. The van der Waals surface area contributed by atoms with Crippen molar-refractivity contribution in [3.8, 4) is 16.9 Å². The molecule has 0 aliphatic heterocycles. The van der Waals surface area contributed by atoms with E-state index in [4.69, 9.17) is 4.74 Å². The average Bonchev–Trinajstić information content (AvgIpc) is 2.41. The van der Waals surface area contributed by atoms with Gasteiger partial charge in [-0.15, -0.1) is 0 Å². The van der Waals surface area contributed by atoms with E-state index in [2.05, 4.69) is 0 Å². The molecule has 2 aromatic rings. The molecule has 0 aromatic heterocycles. The Morgan fingerprint density at radius 3 is 2.53 bits per heavy atom. The third kappa shape index (κ3) is 3.20. The van der Waals surface area contributed by atoms with E-state index in [0.29, 0.717) is 6.61 Å². The van der Waals surface area contributed by atoms with Crippen LogP contribution in [-0.4, -0.2) is 17.1 Å². The maximum atomic E-state index is 13.8. The van der Waals surface area contributed by atoms with Crippen molar-refractivity contribution in [3.05, 3.63) is 48.3 Å². The summed E-state index contributed by atoms with van der Waals surface area (Å²) in [6.45, 7) is 2.24. The third-order valence-electron chi connectivity index (χ3n) is 2.73. The SMILES string of the molecule is CCOc1ccc(-c2cccc(S(C)=O)c2)cc1F. The molecule has 100 valence electrons. The summed E-state index contributed by atoms with van der Waals surface area (Å²) in [6, 6.07) is 12.1. The van der Waals surface area contributed by atoms with Gasteiger partial charge in [-0.1, -0.05) is 18.2 Å². The largest absolute Gasteiger partial charge is 0.491 e. The first-order valence-electron chi connectivity index (χ1n) is 5.98. The van der Waals surface area contributed by atoms with E-state index in [1.54, 1.807) is 24.5 Å². The molecule has 0 radical (unpaired) electrons. The van der Waals surface area contributed by atoms with Crippen molar-refractivity contribution in [3.63, 3.8) is 0 Å². The molecule has 0 heterocycles. The summed E-state index contributed by atoms with van der Waals surface area (Å²) in [6.07, 6.45) is 1.62. The van der Waals surface area contributed by atoms with Crippen LogP contribution in [0.3, 0.4) is 0 Å². The van der Waals surface area contributed by atoms with Gasteiger partial charge in [0.15, 0.2) is 11.6 Å². The molecule has 0 saturated carbocycles. The normalized spacial score (nSPS) is 12.2. The van der Waals surface area contributed by atoms with Gasteiger partial charge < -0.3 is 4.74 Å². The highest BCUT2D eigenvalue weighted by atomic mass is 32.2. The quantitative estimate of drug-likeness (QED) is 0.853. The molecule has 2 nitrogen and oxygen atoms in total. The Balaban J connectivity index is 2.39. The van der Waals surface area contributed by atoms with Crippen molar-refractivity contribution in [1.29, 1.82) is 0 Å². The lowest BCUT2D eigenvalue weighted by molar-refractivity contribution is 0.321. The maximum absolute atomic E-state index is 13.8. The van der Waals surface area contributed by atoms with Gasteiger partial charge in [0.25, 0.3) is 0 Å². The molecule has 4 heteroatoms. The fourth-order valence-corrected chi connectivity index (χ4v) is 2.37. The predicted molar refractivity (Wildman–Crippen MR) is 75.3 cm³/mol. The van der Waals surface area contributed by atoms with E-state index in [1.807, 2.05) is 25.1 Å². The summed E-state index contributed by atoms with van der Waals surface area (Å²) in [5.41, 5.74) is 1.59. The van der Waals surface area contributed by atoms with Crippen molar-refractivity contribution < 1.29 is 13.3 Å². The molecule has 0 fully saturated rings. The summed E-state index contributed by atoms with van der Waals surface area (Å²) >= 11 is 0. The van der Waals surface area contributed by atoms with Crippen molar-refractivity contribution in [2.24, 2.45) is 0 Å². The molecule has 2 aromatic carbocycles. The maximum Gasteiger partial charge on any atom is 0.165 e. The molecular weight excluding hydrogens is 263 g/mol. The zero-order valence-corrected chi connectivity index (χ0v) is 11.7. The molecule has 0 bridgehead atoms. The Kier molecular flexibility index (Phi) is 4.32. The van der Waals surface area contributed by atoms with Crippen LogP contribution in [0.15, 0.2) is 47.4 Å². The van der Waals surface area contributed by atoms with Crippen LogP contribution < -0.4 is 4.74 Å². The monoisotopic (exact) mass is 278 g/mol. The van der Waals surface area contributed by atoms with Crippen LogP contribution in [0.5, 0.6) is 5.75 Å². The van der Waals surface area contributed by atoms with Gasteiger partial charge >= 0.3 is 0 Å². The van der Waals surface area contributed by atoms with Crippen LogP contribution in [-0.2, 0) is 10.8 Å². The van der Waals surface area contributed by atoms with Gasteiger partial charge in [-0.3, -0.25) is 4.21 Å². The third-order valence-corrected chi connectivity index (χ3v) is 3.65. The van der Waals surface area contributed by atoms with Gasteiger partial charge in [0.05, 0.1) is 6.61 Å². The molecular formula is C15H15FO2S. The van der Waals surface area contributed by atoms with Crippen LogP contribution >= 0.6 is 0 Å². The first-order valence-corrected chi connectivity index (χ1v) is 7.54. The lowest BCUT2D eigenvalue weighted by Crippen LogP contribution is -1.95. The van der Waals surface area contributed by atoms with Crippen LogP contribution in [0.4, 0.5) is 4.39 Å². The smallest absolute Gasteiger partial charge is 0.165 e. The predicted octanol–water partition coefficient (Wildman–Crippen LogP) is 3.63. The van der Waals surface area contributed by atoms with Gasteiger partial charge in [-0.05, 0) is 42.3 Å². The molecule has 0 saturated heterocycles. The van der Waals surface area contributed by atoms with E-state index < -0.39 is 10.8 Å². The highest BCUT2D eigenvalue weighted by Crippen LogP contribution is 2.26. The summed E-state index contributed by atoms with van der Waals surface area (Å²) in [5, 5.41) is 0. The van der Waals surface area contributed by atoms with Crippen molar-refractivity contribution in [2.75, 3.05) is 12.9 Å². The van der Waals surface area contributed by atoms with Gasteiger partial charge in [-0.25, -0.2) is 4.39 Å². The first-order chi connectivity index (χ1) is 9.11. The second-order valence-electron chi connectivity index (χ2n) is 4.06. The molecule has 0 N–H and O–H groups in total. The second-order valence-corrected chi connectivity index (χ2v) is 5.44. The molecule has 0 amide bonds. The first kappa shape index (κ1) is 13.7. The molecule has 1 atom stereocenters. The zero-order chi connectivity index (χ0) is 13.8. The number of benzene rings is 2. The van der Waals surface area contributed by atoms with Gasteiger partial charge in [0.2, 0.25) is 0 Å². The van der Waals surface area contributed by atoms with E-state index in [9.17, 15) is 8.60 Å². The van der Waals surface area contributed by atoms with Crippen LogP contribution in [0.2, 0.25) is 0 Å². The lowest BCUT2D eigenvalue weighted by atomic mass is 10.1. The molecule has 1 unspecified atom stereocenters. The van der Waals surface area contributed by atoms with Gasteiger partial charge in [0, 0.05) is 22.0 Å². The van der Waals surface area contributed by atoms with Crippen molar-refractivity contribution in [2.45, 2.75) is 11.8 Å². The Bertz CT molecular complexity index is 611. The Labute approximate surface area is 114 Å². The summed E-state index contributed by atoms with van der Waals surface area (Å²) in [7, 11) is -1.04. The topological polar surface area (TPSA) is 26.3 Å². The Morgan fingerprint density at radius 2 is 1.89 bits per heavy atom. The number of ether oxygens (including phenoxy) is 1. The fourth-order valence-electron chi connectivity index (χ4n) is 1.81. The van der Waals surface area contributed by atoms with E-state index in [0.717, 1.165) is 16.0 Å². The standard InChI is InChI=1S/C15H15FO2S/c1-3-18-15-8-7-12(10-14(15)16)11-5-4-6-13(9-11)19(2)17/h4-10H,3H2,1-2H3. The second kappa shape index (κ2) is 5.97. The molecule has 2 rings (SSSR count). The lowest BCUT2D eigenvalue weighted by Gasteiger charge is -2.08. The molecule has 0 spiro atoms. The highest BCUT2D eigenvalue weighted by Gasteiger charge is 2.07. The molecule has 19 heavy (non-hydrogen) atoms. The van der Waals surface area contributed by atoms with Gasteiger partial charge in [0.1, 0.15) is 0 Å². The number of hydrogen-bond acceptors (Lipinski definition) is 2. The van der Waals surface area contributed by atoms with E-state index in [1.165, 1.54) is 6.07 Å². The fraction of sp³-hybridized carbons (Fsp3) is 0.200. The zero-order valence-electron chi connectivity index (χ0n) is 10.9. The van der Waals surface area contributed by atoms with E-state index in [-0.39, 0.29) is 11.6 Å². The van der Waals surface area contributed by atoms with Crippen molar-refractivity contribution in [1.82, 2.24) is 0 Å². The van der Waals surface area contributed by atoms with Gasteiger partial charge in [-0.2, -0.15) is 0 Å². The minimum atomic E-state index is -1.04. The summed E-state index contributed by atoms with van der Waals surface area (Å²) < 4.78 is 30.4. The average molecular weight is 278 g/mol. The molecule has 0 aliphatic rings. The van der Waals surface area contributed by atoms with E-state index >= 15 is 0 Å². The highest BCUT2D eigenvalue weighted by molar-refractivity contribution is 7.84. The summed E-state index contributed by atoms with van der Waals surface area (Å²) in [5.74, 6) is -0.135. The molecule has 0 aliphatic carbocycles. The number of rotatable bonds is 4. The Hall–Kier alpha value is -1.68. The van der Waals surface area contributed by atoms with Crippen molar-refractivity contribution >= 4 is 10.8 Å². The van der Waals surface area contributed by atoms with Crippen LogP contribution in [0, 0.1) is 5.82 Å². The minimum Gasteiger partial charge on any atom is -0.491 e. The van der Waals surface area contributed by atoms with Crippen LogP contribution in [0.1, 0.15) is 6.92 Å². The Morgan fingerprint density at radius 1 is 1.16 bits per heavy atom. The minimum absolute atomic E-state index is 0.251. The number of halogens is 1. The summed E-state index contributed by atoms with van der Waals surface area (Å²) in [4.78, 5) is 0.729.